The van der Waals surface area contributed by atoms with Crippen molar-refractivity contribution in [2.24, 2.45) is 5.41 Å². The van der Waals surface area contributed by atoms with E-state index in [-0.39, 0.29) is 0 Å². The van der Waals surface area contributed by atoms with Crippen LogP contribution < -0.4 is 0 Å². The van der Waals surface area contributed by atoms with Gasteiger partial charge in [0.05, 0.1) is 0 Å². The Morgan fingerprint density at radius 3 is 1.76 bits per heavy atom. The smallest absolute Gasteiger partial charge is 0.0771 e. The van der Waals surface area contributed by atoms with Crippen LogP contribution in [0.2, 0.25) is 0 Å². The van der Waals surface area contributed by atoms with Gasteiger partial charge < -0.3 is 0 Å². The Bertz CT molecular complexity index is 949. The van der Waals surface area contributed by atoms with E-state index in [1.54, 1.807) is 27.4 Å². The summed E-state index contributed by atoms with van der Waals surface area (Å²) in [5, 5.41) is 5.39. The predicted octanol–water partition coefficient (Wildman–Crippen LogP) is 8.10. The van der Waals surface area contributed by atoms with Crippen molar-refractivity contribution in [3.05, 3.63) is 78.4 Å². The Morgan fingerprint density at radius 1 is 0.828 bits per heavy atom. The molecule has 148 valence electrons. The van der Waals surface area contributed by atoms with E-state index in [1.807, 2.05) is 0 Å². The molecule has 0 radical (unpaired) electrons. The van der Waals surface area contributed by atoms with Gasteiger partial charge in [-0.15, -0.1) is 46.2 Å². The van der Waals surface area contributed by atoms with Crippen LogP contribution in [-0.2, 0) is 24.2 Å². The monoisotopic (exact) mass is 458 g/mol. The molecule has 3 aromatic rings. The van der Waals surface area contributed by atoms with Gasteiger partial charge >= 0.3 is 59.5 Å². The summed E-state index contributed by atoms with van der Waals surface area (Å²) in [7, 11) is 0. The molecule has 0 bridgehead atoms. The number of hydrogen-bond acceptors (Lipinski definition) is 0. The molecule has 3 aromatic carbocycles. The predicted molar refractivity (Wildman–Crippen MR) is 125 cm³/mol. The van der Waals surface area contributed by atoms with Crippen molar-refractivity contribution in [2.45, 2.75) is 59.3 Å². The van der Waals surface area contributed by atoms with Crippen LogP contribution >= 0.6 is 0 Å². The number of fused-ring (bicyclic) bond motifs is 3. The molecule has 0 aromatic heterocycles. The molecule has 0 amide bonds. The summed E-state index contributed by atoms with van der Waals surface area (Å²) in [5.41, 5.74) is 1.74. The third-order valence-electron chi connectivity index (χ3n) is 5.54. The molecule has 1 heteroatoms. The van der Waals surface area contributed by atoms with E-state index in [2.05, 4.69) is 93.6 Å². The van der Waals surface area contributed by atoms with Crippen molar-refractivity contribution in [2.75, 3.05) is 0 Å². The molecule has 0 unspecified atom stereocenters. The average molecular weight is 460 g/mol. The molecule has 0 N–H and O–H groups in total. The van der Waals surface area contributed by atoms with Gasteiger partial charge in [-0.25, -0.2) is 6.08 Å². The quantitative estimate of drug-likeness (QED) is 0.298. The van der Waals surface area contributed by atoms with Crippen LogP contribution in [0.5, 0.6) is 0 Å². The van der Waals surface area contributed by atoms with Gasteiger partial charge in [-0.1, -0.05) is 62.6 Å². The van der Waals surface area contributed by atoms with E-state index in [9.17, 15) is 0 Å². The fourth-order valence-electron chi connectivity index (χ4n) is 3.80. The van der Waals surface area contributed by atoms with Crippen LogP contribution in [0.3, 0.4) is 0 Å². The van der Waals surface area contributed by atoms with Crippen molar-refractivity contribution in [3.8, 4) is 0 Å². The first kappa shape index (κ1) is 22.2. The van der Waals surface area contributed by atoms with E-state index in [1.165, 1.54) is 59.2 Å². The maximum absolute atomic E-state index is 3.16. The number of allylic oxidation sites excluding steroid dienone is 4. The molecule has 0 nitrogen and oxygen atoms in total. The van der Waals surface area contributed by atoms with Crippen molar-refractivity contribution in [1.29, 1.82) is 0 Å². The Kier molecular flexibility index (Phi) is 8.08. The zero-order valence-corrected chi connectivity index (χ0v) is 20.6. The van der Waals surface area contributed by atoms with Crippen molar-refractivity contribution in [3.63, 3.8) is 0 Å². The molecule has 0 heterocycles. The summed E-state index contributed by atoms with van der Waals surface area (Å²) in [5.74, 6) is 0. The second kappa shape index (κ2) is 10.5. The molecule has 2 aliphatic carbocycles. The summed E-state index contributed by atoms with van der Waals surface area (Å²) in [6.45, 7) is 6.67. The second-order valence-electron chi connectivity index (χ2n) is 8.95. The van der Waals surface area contributed by atoms with Gasteiger partial charge in [-0.2, -0.15) is 11.6 Å². The Morgan fingerprint density at radius 2 is 1.38 bits per heavy atom. The zero-order valence-electron chi connectivity index (χ0n) is 18.1. The minimum absolute atomic E-state index is 0.323. The molecule has 1 saturated carbocycles. The van der Waals surface area contributed by atoms with Crippen molar-refractivity contribution >= 4 is 24.8 Å². The van der Waals surface area contributed by atoms with Crippen LogP contribution in [0.4, 0.5) is 0 Å². The second-order valence-corrected chi connectivity index (χ2v) is 10.7. The SMILES string of the molecule is CC(C)(C)C1=CC[C-]=C1.[Zr+2]=[C]1CCCCC1.c1ccc2c(c1)[cH-]c1ccccc12. The molecule has 0 atom stereocenters. The van der Waals surface area contributed by atoms with Gasteiger partial charge in [-0.05, 0) is 0 Å². The third kappa shape index (κ3) is 6.51. The molecular formula is C28H32Zr. The largest absolute Gasteiger partial charge is 0.126 e. The summed E-state index contributed by atoms with van der Waals surface area (Å²) < 4.78 is 1.80. The number of benzene rings is 2. The first-order valence-corrected chi connectivity index (χ1v) is 12.0. The van der Waals surface area contributed by atoms with Gasteiger partial charge in [0.25, 0.3) is 0 Å². The van der Waals surface area contributed by atoms with Crippen molar-refractivity contribution in [1.82, 2.24) is 0 Å². The fraction of sp³-hybridized carbons (Fsp3) is 0.357. The summed E-state index contributed by atoms with van der Waals surface area (Å²) >= 11 is 1.69. The first-order valence-electron chi connectivity index (χ1n) is 10.8. The molecule has 0 saturated heterocycles. The normalized spacial score (nSPS) is 16.2. The van der Waals surface area contributed by atoms with E-state index < -0.39 is 0 Å². The molecule has 0 spiro atoms. The molecule has 29 heavy (non-hydrogen) atoms. The molecule has 1 fully saturated rings. The van der Waals surface area contributed by atoms with Crippen molar-refractivity contribution < 1.29 is 24.2 Å². The van der Waals surface area contributed by atoms with E-state index in [4.69, 9.17) is 0 Å². The van der Waals surface area contributed by atoms with Crippen LogP contribution in [-0.4, -0.2) is 3.21 Å². The van der Waals surface area contributed by atoms with E-state index >= 15 is 0 Å². The summed E-state index contributed by atoms with van der Waals surface area (Å²) in [4.78, 5) is 0. The third-order valence-corrected chi connectivity index (χ3v) is 6.77. The maximum atomic E-state index is 3.16. The van der Waals surface area contributed by atoms with Gasteiger partial charge in [0.2, 0.25) is 0 Å². The number of hydrogen-bond donors (Lipinski definition) is 0. The van der Waals surface area contributed by atoms with Crippen LogP contribution in [0.25, 0.3) is 21.5 Å². The Hall–Kier alpha value is -1.46. The van der Waals surface area contributed by atoms with Gasteiger partial charge in [0, 0.05) is 0 Å². The van der Waals surface area contributed by atoms with Crippen LogP contribution in [0, 0.1) is 11.5 Å². The van der Waals surface area contributed by atoms with Crippen LogP contribution in [0.15, 0.2) is 72.3 Å². The standard InChI is InChI=1S/C13H9.C9H13.C6H10.Zr/c1-3-7-12-10(5-1)9-11-6-2-4-8-13(11)12;1-9(2,3)8-6-4-5-7-8;1-2-4-6-5-3-1;/h1-9H;6-7H,4H2,1-3H3;1-5H2;/q2*-1;;+2. The Balaban J connectivity index is 0.000000132. The topological polar surface area (TPSA) is 0 Å². The average Bonchev–Trinajstić information content (AvgIpc) is 3.38. The van der Waals surface area contributed by atoms with E-state index in [0.717, 1.165) is 6.42 Å². The Labute approximate surface area is 191 Å². The fourth-order valence-corrected chi connectivity index (χ4v) is 4.67. The zero-order chi connectivity index (χ0) is 20.7. The molecular weight excluding hydrogens is 428 g/mol. The minimum atomic E-state index is 0.323. The number of rotatable bonds is 0. The summed E-state index contributed by atoms with van der Waals surface area (Å²) in [6, 6.07) is 19.3. The van der Waals surface area contributed by atoms with Gasteiger partial charge in [-0.3, -0.25) is 6.08 Å². The maximum Gasteiger partial charge on any atom is -0.0771 e. The summed E-state index contributed by atoms with van der Waals surface area (Å²) in [6.07, 6.45) is 15.8. The van der Waals surface area contributed by atoms with Gasteiger partial charge in [0.1, 0.15) is 0 Å². The first-order chi connectivity index (χ1) is 13.9. The molecule has 2 aliphatic rings. The minimum Gasteiger partial charge on any atom is -0.126 e. The van der Waals surface area contributed by atoms with Gasteiger partial charge in [0.15, 0.2) is 0 Å². The van der Waals surface area contributed by atoms with Crippen LogP contribution in [0.1, 0.15) is 59.3 Å². The molecule has 5 rings (SSSR count). The molecule has 0 aliphatic heterocycles. The van der Waals surface area contributed by atoms with E-state index in [0.29, 0.717) is 5.41 Å².